The predicted molar refractivity (Wildman–Crippen MR) is 105 cm³/mol. The second kappa shape index (κ2) is 9.42. The summed E-state index contributed by atoms with van der Waals surface area (Å²) >= 11 is 5.93. The van der Waals surface area contributed by atoms with Crippen LogP contribution >= 0.6 is 11.6 Å². The van der Waals surface area contributed by atoms with Crippen molar-refractivity contribution in [2.75, 3.05) is 19.7 Å². The fraction of sp³-hybridized carbons (Fsp3) is 0.333. The SMILES string of the molecule is O=C(NC1CCN(C(=O)CCOc2ccccc2)CC1)c1cccc(Cl)c1. The number of halogens is 1. The second-order valence-electron chi connectivity index (χ2n) is 6.55. The third kappa shape index (κ3) is 5.73. The Kier molecular flexibility index (Phi) is 6.71. The second-order valence-corrected chi connectivity index (χ2v) is 6.99. The zero-order valence-electron chi connectivity index (χ0n) is 15.1. The maximum Gasteiger partial charge on any atom is 0.251 e. The summed E-state index contributed by atoms with van der Waals surface area (Å²) in [5, 5.41) is 3.57. The van der Waals surface area contributed by atoms with Crippen molar-refractivity contribution in [3.05, 3.63) is 65.2 Å². The molecule has 0 atom stereocenters. The largest absolute Gasteiger partial charge is 0.493 e. The number of ether oxygens (including phenoxy) is 1. The highest BCUT2D eigenvalue weighted by Gasteiger charge is 2.24. The van der Waals surface area contributed by atoms with Gasteiger partial charge in [-0.1, -0.05) is 35.9 Å². The lowest BCUT2D eigenvalue weighted by Crippen LogP contribution is -2.46. The average molecular weight is 387 g/mol. The molecule has 1 heterocycles. The van der Waals surface area contributed by atoms with Gasteiger partial charge < -0.3 is 15.0 Å². The normalized spacial score (nSPS) is 14.6. The Balaban J connectivity index is 1.39. The monoisotopic (exact) mass is 386 g/mol. The molecule has 1 fully saturated rings. The van der Waals surface area contributed by atoms with Crippen molar-refractivity contribution < 1.29 is 14.3 Å². The van der Waals surface area contributed by atoms with Gasteiger partial charge >= 0.3 is 0 Å². The number of hydrogen-bond acceptors (Lipinski definition) is 3. The van der Waals surface area contributed by atoms with Crippen LogP contribution in [0, 0.1) is 0 Å². The van der Waals surface area contributed by atoms with Gasteiger partial charge in [0.2, 0.25) is 5.91 Å². The summed E-state index contributed by atoms with van der Waals surface area (Å²) in [4.78, 5) is 26.5. The van der Waals surface area contributed by atoms with Crippen LogP contribution in [0.5, 0.6) is 5.75 Å². The van der Waals surface area contributed by atoms with E-state index in [1.54, 1.807) is 24.3 Å². The Morgan fingerprint density at radius 3 is 2.52 bits per heavy atom. The summed E-state index contributed by atoms with van der Waals surface area (Å²) in [7, 11) is 0. The first-order chi connectivity index (χ1) is 13.1. The highest BCUT2D eigenvalue weighted by molar-refractivity contribution is 6.30. The van der Waals surface area contributed by atoms with Gasteiger partial charge in [-0.2, -0.15) is 0 Å². The molecule has 142 valence electrons. The minimum absolute atomic E-state index is 0.0705. The van der Waals surface area contributed by atoms with Crippen LogP contribution in [0.2, 0.25) is 5.02 Å². The molecule has 6 heteroatoms. The van der Waals surface area contributed by atoms with Crippen molar-refractivity contribution >= 4 is 23.4 Å². The molecule has 0 saturated carbocycles. The Labute approximate surface area is 164 Å². The highest BCUT2D eigenvalue weighted by atomic mass is 35.5. The molecule has 0 radical (unpaired) electrons. The van der Waals surface area contributed by atoms with E-state index in [-0.39, 0.29) is 17.9 Å². The van der Waals surface area contributed by atoms with E-state index in [1.165, 1.54) is 0 Å². The number of carbonyl (C=O) groups is 2. The molecule has 1 aliphatic heterocycles. The molecular weight excluding hydrogens is 364 g/mol. The quantitative estimate of drug-likeness (QED) is 0.826. The summed E-state index contributed by atoms with van der Waals surface area (Å²) in [5.74, 6) is 0.733. The molecule has 0 aromatic heterocycles. The average Bonchev–Trinajstić information content (AvgIpc) is 2.69. The van der Waals surface area contributed by atoms with Crippen LogP contribution in [0.4, 0.5) is 0 Å². The third-order valence-corrected chi connectivity index (χ3v) is 4.83. The smallest absolute Gasteiger partial charge is 0.251 e. The fourth-order valence-corrected chi connectivity index (χ4v) is 3.29. The zero-order chi connectivity index (χ0) is 19.1. The first-order valence-electron chi connectivity index (χ1n) is 9.14. The predicted octanol–water partition coefficient (Wildman–Crippen LogP) is 3.53. The van der Waals surface area contributed by atoms with Crippen LogP contribution in [-0.4, -0.2) is 42.5 Å². The zero-order valence-corrected chi connectivity index (χ0v) is 15.8. The summed E-state index contributed by atoms with van der Waals surface area (Å²) < 4.78 is 5.58. The number of likely N-dealkylation sites (tertiary alicyclic amines) is 1. The molecule has 3 rings (SSSR count). The van der Waals surface area contributed by atoms with E-state index in [2.05, 4.69) is 5.32 Å². The maximum absolute atomic E-state index is 12.3. The number of nitrogens with one attached hydrogen (secondary N) is 1. The van der Waals surface area contributed by atoms with Crippen molar-refractivity contribution in [3.63, 3.8) is 0 Å². The number of hydrogen-bond donors (Lipinski definition) is 1. The van der Waals surface area contributed by atoms with Gasteiger partial charge in [0.25, 0.3) is 5.91 Å². The van der Waals surface area contributed by atoms with Gasteiger partial charge in [-0.15, -0.1) is 0 Å². The van der Waals surface area contributed by atoms with Crippen LogP contribution in [0.15, 0.2) is 54.6 Å². The van der Waals surface area contributed by atoms with Gasteiger partial charge in [0.15, 0.2) is 0 Å². The minimum atomic E-state index is -0.126. The Morgan fingerprint density at radius 1 is 1.07 bits per heavy atom. The van der Waals surface area contributed by atoms with Crippen molar-refractivity contribution in [1.29, 1.82) is 0 Å². The van der Waals surface area contributed by atoms with Crippen molar-refractivity contribution in [3.8, 4) is 5.75 Å². The number of piperidine rings is 1. The number of nitrogens with zero attached hydrogens (tertiary/aromatic N) is 1. The van der Waals surface area contributed by atoms with E-state index in [4.69, 9.17) is 16.3 Å². The summed E-state index contributed by atoms with van der Waals surface area (Å²) in [6, 6.07) is 16.4. The minimum Gasteiger partial charge on any atom is -0.493 e. The number of carbonyl (C=O) groups excluding carboxylic acids is 2. The van der Waals surface area contributed by atoms with Crippen molar-refractivity contribution in [2.24, 2.45) is 0 Å². The van der Waals surface area contributed by atoms with Gasteiger partial charge in [0, 0.05) is 29.7 Å². The maximum atomic E-state index is 12.3. The molecule has 5 nitrogen and oxygen atoms in total. The molecule has 27 heavy (non-hydrogen) atoms. The van der Waals surface area contributed by atoms with E-state index >= 15 is 0 Å². The van der Waals surface area contributed by atoms with Crippen molar-refractivity contribution in [2.45, 2.75) is 25.3 Å². The standard InChI is InChI=1S/C21H23ClN2O3/c22-17-6-4-5-16(15-17)21(26)23-18-9-12-24(13-10-18)20(25)11-14-27-19-7-2-1-3-8-19/h1-8,15,18H,9-14H2,(H,23,26). The van der Waals surface area contributed by atoms with Crippen LogP contribution in [0.1, 0.15) is 29.6 Å². The topological polar surface area (TPSA) is 58.6 Å². The Morgan fingerprint density at radius 2 is 1.81 bits per heavy atom. The molecule has 0 aliphatic carbocycles. The van der Waals surface area contributed by atoms with Crippen LogP contribution in [-0.2, 0) is 4.79 Å². The lowest BCUT2D eigenvalue weighted by atomic mass is 10.0. The van der Waals surface area contributed by atoms with Gasteiger partial charge in [0.05, 0.1) is 13.0 Å². The molecule has 1 saturated heterocycles. The van der Waals surface area contributed by atoms with E-state index in [0.717, 1.165) is 18.6 Å². The molecule has 0 unspecified atom stereocenters. The van der Waals surface area contributed by atoms with Gasteiger partial charge in [-0.05, 0) is 43.2 Å². The molecule has 2 aromatic rings. The molecule has 2 amide bonds. The van der Waals surface area contributed by atoms with Crippen LogP contribution in [0.3, 0.4) is 0 Å². The first-order valence-corrected chi connectivity index (χ1v) is 9.51. The summed E-state index contributed by atoms with van der Waals surface area (Å²) in [6.07, 6.45) is 1.85. The van der Waals surface area contributed by atoms with E-state index in [9.17, 15) is 9.59 Å². The molecular formula is C21H23ClN2O3. The van der Waals surface area contributed by atoms with Crippen LogP contribution in [0.25, 0.3) is 0 Å². The number of benzene rings is 2. The fourth-order valence-electron chi connectivity index (χ4n) is 3.10. The molecule has 0 bridgehead atoms. The van der Waals surface area contributed by atoms with Gasteiger partial charge in [-0.25, -0.2) is 0 Å². The highest BCUT2D eigenvalue weighted by Crippen LogP contribution is 2.15. The lowest BCUT2D eigenvalue weighted by Gasteiger charge is -2.32. The van der Waals surface area contributed by atoms with E-state index in [0.29, 0.717) is 36.7 Å². The van der Waals surface area contributed by atoms with E-state index < -0.39 is 0 Å². The number of para-hydroxylation sites is 1. The van der Waals surface area contributed by atoms with Gasteiger partial charge in [0.1, 0.15) is 5.75 Å². The summed E-state index contributed by atoms with van der Waals surface area (Å²) in [5.41, 5.74) is 0.555. The summed E-state index contributed by atoms with van der Waals surface area (Å²) in [6.45, 7) is 1.66. The van der Waals surface area contributed by atoms with Gasteiger partial charge in [-0.3, -0.25) is 9.59 Å². The lowest BCUT2D eigenvalue weighted by molar-refractivity contribution is -0.132. The molecule has 1 N–H and O–H groups in total. The third-order valence-electron chi connectivity index (χ3n) is 4.60. The number of rotatable bonds is 6. The first kappa shape index (κ1) is 19.2. The number of amides is 2. The molecule has 1 aliphatic rings. The molecule has 0 spiro atoms. The Hall–Kier alpha value is -2.53. The van der Waals surface area contributed by atoms with E-state index in [1.807, 2.05) is 35.2 Å². The molecule has 2 aromatic carbocycles. The Bertz CT molecular complexity index is 774. The van der Waals surface area contributed by atoms with Crippen LogP contribution < -0.4 is 10.1 Å². The van der Waals surface area contributed by atoms with Crippen molar-refractivity contribution in [1.82, 2.24) is 10.2 Å².